The topological polar surface area (TPSA) is 118 Å². The van der Waals surface area contributed by atoms with Crippen molar-refractivity contribution in [3.05, 3.63) is 17.6 Å². The van der Waals surface area contributed by atoms with Gasteiger partial charge in [-0.25, -0.2) is 18.1 Å². The summed E-state index contributed by atoms with van der Waals surface area (Å²) in [7, 11) is -3.17. The highest BCUT2D eigenvalue weighted by atomic mass is 32.2. The Kier molecular flexibility index (Phi) is 7.65. The number of nitrogens with one attached hydrogen (secondary N) is 1. The van der Waals surface area contributed by atoms with Gasteiger partial charge in [0.1, 0.15) is 5.82 Å². The number of aromatic nitrogens is 5. The molecule has 3 heterocycles. The molecule has 0 atom stereocenters. The number of nitrogens with zero attached hydrogens (tertiary/aromatic N) is 7. The minimum absolute atomic E-state index is 0.0882. The first-order chi connectivity index (χ1) is 14.8. The number of anilines is 2. The zero-order chi connectivity index (χ0) is 22.4. The minimum atomic E-state index is -3.17. The van der Waals surface area contributed by atoms with Crippen LogP contribution in [-0.2, 0) is 16.6 Å². The summed E-state index contributed by atoms with van der Waals surface area (Å²) in [6.45, 7) is 12.1. The lowest BCUT2D eigenvalue weighted by Crippen LogP contribution is -2.48. The van der Waals surface area contributed by atoms with Crippen molar-refractivity contribution in [1.29, 1.82) is 0 Å². The van der Waals surface area contributed by atoms with Crippen molar-refractivity contribution in [3.8, 4) is 5.88 Å². The Morgan fingerprint density at radius 2 is 1.77 bits per heavy atom. The maximum Gasteiger partial charge on any atom is 0.228 e. The average molecular weight is 453 g/mol. The first-order valence-corrected chi connectivity index (χ1v) is 12.3. The van der Waals surface area contributed by atoms with Gasteiger partial charge in [0.05, 0.1) is 12.4 Å². The molecule has 0 aromatic carbocycles. The van der Waals surface area contributed by atoms with Crippen LogP contribution in [0.5, 0.6) is 5.88 Å². The molecular formula is C19H32N8O3S. The van der Waals surface area contributed by atoms with Gasteiger partial charge in [-0.15, -0.1) is 10.2 Å². The van der Waals surface area contributed by atoms with Crippen molar-refractivity contribution in [1.82, 2.24) is 29.5 Å². The summed E-state index contributed by atoms with van der Waals surface area (Å²) >= 11 is 0. The summed E-state index contributed by atoms with van der Waals surface area (Å²) in [5.41, 5.74) is 0.880. The molecule has 1 fully saturated rings. The predicted molar refractivity (Wildman–Crippen MR) is 119 cm³/mol. The van der Waals surface area contributed by atoms with E-state index >= 15 is 0 Å². The first kappa shape index (κ1) is 23.2. The minimum Gasteiger partial charge on any atom is -0.478 e. The number of aryl methyl sites for hydroxylation is 2. The van der Waals surface area contributed by atoms with Crippen molar-refractivity contribution in [2.75, 3.05) is 54.9 Å². The van der Waals surface area contributed by atoms with Crippen molar-refractivity contribution in [2.24, 2.45) is 0 Å². The van der Waals surface area contributed by atoms with Gasteiger partial charge in [0.15, 0.2) is 0 Å². The van der Waals surface area contributed by atoms with Gasteiger partial charge in [-0.2, -0.15) is 4.98 Å². The molecule has 11 nitrogen and oxygen atoms in total. The van der Waals surface area contributed by atoms with Crippen LogP contribution in [0.2, 0.25) is 0 Å². The van der Waals surface area contributed by atoms with Gasteiger partial charge in [0.2, 0.25) is 27.8 Å². The second kappa shape index (κ2) is 10.2. The molecule has 172 valence electrons. The highest BCUT2D eigenvalue weighted by Crippen LogP contribution is 2.20. The third-order valence-corrected chi connectivity index (χ3v) is 6.54. The summed E-state index contributed by atoms with van der Waals surface area (Å²) in [4.78, 5) is 13.4. The standard InChI is InChI=1S/C19H32N8O3S/c1-5-30-17-14-15(3)21-18(22-17)25-10-12-26(13-11-25)19-24-23-16(4)27(19)9-7-8-20-31(28,29)6-2/h14,20H,5-13H2,1-4H3. The fraction of sp³-hybridized carbons (Fsp3) is 0.684. The molecule has 1 aliphatic rings. The lowest BCUT2D eigenvalue weighted by Gasteiger charge is -2.35. The van der Waals surface area contributed by atoms with Gasteiger partial charge in [-0.3, -0.25) is 4.57 Å². The Balaban J connectivity index is 1.60. The molecule has 1 N–H and O–H groups in total. The highest BCUT2D eigenvalue weighted by Gasteiger charge is 2.24. The SMILES string of the molecule is CCOc1cc(C)nc(N2CCN(c3nnc(C)n3CCCNS(=O)(=O)CC)CC2)n1. The number of ether oxygens (including phenoxy) is 1. The van der Waals surface area contributed by atoms with Crippen LogP contribution in [0.15, 0.2) is 6.07 Å². The van der Waals surface area contributed by atoms with Crippen molar-refractivity contribution in [3.63, 3.8) is 0 Å². The predicted octanol–water partition coefficient (Wildman–Crippen LogP) is 0.740. The fourth-order valence-electron chi connectivity index (χ4n) is 3.43. The monoisotopic (exact) mass is 452 g/mol. The fourth-order valence-corrected chi connectivity index (χ4v) is 4.09. The quantitative estimate of drug-likeness (QED) is 0.521. The second-order valence-corrected chi connectivity index (χ2v) is 9.50. The molecule has 31 heavy (non-hydrogen) atoms. The van der Waals surface area contributed by atoms with Crippen molar-refractivity contribution < 1.29 is 13.2 Å². The van der Waals surface area contributed by atoms with Crippen LogP contribution in [0.1, 0.15) is 31.8 Å². The maximum atomic E-state index is 11.6. The Labute approximate surface area is 183 Å². The molecule has 0 bridgehead atoms. The number of sulfonamides is 1. The molecule has 0 spiro atoms. The van der Waals surface area contributed by atoms with E-state index in [-0.39, 0.29) is 5.75 Å². The Morgan fingerprint density at radius 3 is 2.45 bits per heavy atom. The molecule has 1 aliphatic heterocycles. The van der Waals surface area contributed by atoms with E-state index in [0.717, 1.165) is 43.6 Å². The van der Waals surface area contributed by atoms with Crippen LogP contribution in [0, 0.1) is 13.8 Å². The number of hydrogen-bond donors (Lipinski definition) is 1. The number of rotatable bonds is 10. The molecule has 0 saturated carbocycles. The van der Waals surface area contributed by atoms with Crippen LogP contribution in [-0.4, -0.2) is 78.2 Å². The summed E-state index contributed by atoms with van der Waals surface area (Å²) in [5, 5.41) is 8.60. The Hall–Kier alpha value is -2.47. The molecule has 0 radical (unpaired) electrons. The molecular weight excluding hydrogens is 420 g/mol. The third kappa shape index (κ3) is 6.03. The molecule has 3 rings (SSSR count). The molecule has 2 aromatic heterocycles. The van der Waals surface area contributed by atoms with Crippen LogP contribution >= 0.6 is 0 Å². The van der Waals surface area contributed by atoms with Gasteiger partial charge in [-0.1, -0.05) is 0 Å². The lowest BCUT2D eigenvalue weighted by atomic mass is 10.3. The summed E-state index contributed by atoms with van der Waals surface area (Å²) in [6.07, 6.45) is 0.669. The van der Waals surface area contributed by atoms with Crippen LogP contribution in [0.4, 0.5) is 11.9 Å². The Morgan fingerprint density at radius 1 is 1.06 bits per heavy atom. The van der Waals surface area contributed by atoms with Gasteiger partial charge >= 0.3 is 0 Å². The average Bonchev–Trinajstić information content (AvgIpc) is 3.11. The highest BCUT2D eigenvalue weighted by molar-refractivity contribution is 7.89. The summed E-state index contributed by atoms with van der Waals surface area (Å²) in [5.74, 6) is 3.01. The van der Waals surface area contributed by atoms with E-state index in [2.05, 4.69) is 34.7 Å². The van der Waals surface area contributed by atoms with Crippen molar-refractivity contribution in [2.45, 2.75) is 40.7 Å². The van der Waals surface area contributed by atoms with Gasteiger partial charge in [0.25, 0.3) is 0 Å². The van der Waals surface area contributed by atoms with E-state index < -0.39 is 10.0 Å². The van der Waals surface area contributed by atoms with Crippen LogP contribution < -0.4 is 19.3 Å². The number of piperazine rings is 1. The van der Waals surface area contributed by atoms with Crippen molar-refractivity contribution >= 4 is 21.9 Å². The smallest absolute Gasteiger partial charge is 0.228 e. The molecule has 1 saturated heterocycles. The largest absolute Gasteiger partial charge is 0.478 e. The van der Waals surface area contributed by atoms with E-state index in [1.54, 1.807) is 6.92 Å². The normalized spacial score (nSPS) is 14.8. The zero-order valence-corrected chi connectivity index (χ0v) is 19.5. The zero-order valence-electron chi connectivity index (χ0n) is 18.7. The maximum absolute atomic E-state index is 11.6. The van der Waals surface area contributed by atoms with E-state index in [1.165, 1.54) is 0 Å². The summed E-state index contributed by atoms with van der Waals surface area (Å²) in [6, 6.07) is 1.84. The van der Waals surface area contributed by atoms with E-state index in [0.29, 0.717) is 37.9 Å². The van der Waals surface area contributed by atoms with Gasteiger partial charge < -0.3 is 14.5 Å². The molecule has 0 amide bonds. The van der Waals surface area contributed by atoms with E-state index in [4.69, 9.17) is 4.74 Å². The first-order valence-electron chi connectivity index (χ1n) is 10.7. The van der Waals surface area contributed by atoms with E-state index in [1.807, 2.05) is 31.4 Å². The summed E-state index contributed by atoms with van der Waals surface area (Å²) < 4.78 is 33.4. The second-order valence-electron chi connectivity index (χ2n) is 7.40. The third-order valence-electron chi connectivity index (χ3n) is 5.13. The van der Waals surface area contributed by atoms with Crippen LogP contribution in [0.3, 0.4) is 0 Å². The molecule has 12 heteroatoms. The number of hydrogen-bond acceptors (Lipinski definition) is 9. The molecule has 0 unspecified atom stereocenters. The van der Waals surface area contributed by atoms with Gasteiger partial charge in [-0.05, 0) is 34.1 Å². The molecule has 0 aliphatic carbocycles. The Bertz CT molecular complexity index is 971. The van der Waals surface area contributed by atoms with Gasteiger partial charge in [0, 0.05) is 51.0 Å². The molecule has 2 aromatic rings. The van der Waals surface area contributed by atoms with E-state index in [9.17, 15) is 8.42 Å². The van der Waals surface area contributed by atoms with Crippen LogP contribution in [0.25, 0.3) is 0 Å². The lowest BCUT2D eigenvalue weighted by molar-refractivity contribution is 0.325.